The smallest absolute Gasteiger partial charge is 0.307 e. The zero-order valence-electron chi connectivity index (χ0n) is 11.6. The summed E-state index contributed by atoms with van der Waals surface area (Å²) >= 11 is 5.87. The predicted molar refractivity (Wildman–Crippen MR) is 77.8 cm³/mol. The Morgan fingerprint density at radius 1 is 1.41 bits per heavy atom. The van der Waals surface area contributed by atoms with Gasteiger partial charge >= 0.3 is 5.97 Å². The number of carbonyl (C=O) groups is 3. The number of hydrogen-bond acceptors (Lipinski definition) is 5. The summed E-state index contributed by atoms with van der Waals surface area (Å²) in [5.41, 5.74) is 1.36. The fourth-order valence-corrected chi connectivity index (χ4v) is 2.78. The molecule has 6 nitrogen and oxygen atoms in total. The van der Waals surface area contributed by atoms with Crippen LogP contribution < -0.4 is 5.32 Å². The maximum absolute atomic E-state index is 12.0. The molecular formula is C15H14ClNO5. The summed E-state index contributed by atoms with van der Waals surface area (Å²) in [5, 5.41) is 3.21. The summed E-state index contributed by atoms with van der Waals surface area (Å²) in [5.74, 6) is -1.32. The second-order valence-corrected chi connectivity index (χ2v) is 5.77. The number of Topliss-reactive ketones (excluding diaryl/α,β-unsaturated/α-hetero) is 1. The van der Waals surface area contributed by atoms with Crippen molar-refractivity contribution >= 4 is 34.9 Å². The molecular weight excluding hydrogens is 310 g/mol. The SMILES string of the molecule is O=C1COC(COC(=O)CC2C(=O)Nc3cc(Cl)ccc32)C1. The Hall–Kier alpha value is -1.92. The summed E-state index contributed by atoms with van der Waals surface area (Å²) in [6.45, 7) is 0.105. The molecule has 2 aliphatic heterocycles. The molecule has 2 atom stereocenters. The molecule has 1 aromatic rings. The molecule has 1 aromatic carbocycles. The van der Waals surface area contributed by atoms with Crippen LogP contribution in [0.3, 0.4) is 0 Å². The number of rotatable bonds is 4. The Bertz CT molecular complexity index is 645. The lowest BCUT2D eigenvalue weighted by Gasteiger charge is -2.11. The summed E-state index contributed by atoms with van der Waals surface area (Å²) in [6, 6.07) is 5.06. The van der Waals surface area contributed by atoms with Crippen LogP contribution >= 0.6 is 11.6 Å². The van der Waals surface area contributed by atoms with E-state index in [1.807, 2.05) is 0 Å². The van der Waals surface area contributed by atoms with E-state index in [2.05, 4.69) is 5.32 Å². The highest BCUT2D eigenvalue weighted by atomic mass is 35.5. The number of esters is 1. The van der Waals surface area contributed by atoms with Crippen LogP contribution in [0.25, 0.3) is 0 Å². The fourth-order valence-electron chi connectivity index (χ4n) is 2.61. The number of fused-ring (bicyclic) bond motifs is 1. The number of carbonyl (C=O) groups excluding carboxylic acids is 3. The van der Waals surface area contributed by atoms with Gasteiger partial charge in [-0.15, -0.1) is 0 Å². The molecule has 1 amide bonds. The van der Waals surface area contributed by atoms with Gasteiger partial charge in [-0.2, -0.15) is 0 Å². The number of anilines is 1. The van der Waals surface area contributed by atoms with Crippen molar-refractivity contribution in [2.45, 2.75) is 24.9 Å². The Balaban J connectivity index is 1.58. The third-order valence-corrected chi connectivity index (χ3v) is 3.94. The van der Waals surface area contributed by atoms with E-state index >= 15 is 0 Å². The summed E-state index contributed by atoms with van der Waals surface area (Å²) in [4.78, 5) is 34.9. The normalized spacial score (nSPS) is 23.3. The van der Waals surface area contributed by atoms with Crippen molar-refractivity contribution in [2.75, 3.05) is 18.5 Å². The molecule has 0 aromatic heterocycles. The Morgan fingerprint density at radius 2 is 2.23 bits per heavy atom. The van der Waals surface area contributed by atoms with Gasteiger partial charge in [0, 0.05) is 17.1 Å². The fraction of sp³-hybridized carbons (Fsp3) is 0.400. The third-order valence-electron chi connectivity index (χ3n) is 3.70. The quantitative estimate of drug-likeness (QED) is 0.852. The van der Waals surface area contributed by atoms with E-state index in [4.69, 9.17) is 21.1 Å². The van der Waals surface area contributed by atoms with Gasteiger partial charge in [0.15, 0.2) is 5.78 Å². The number of ketones is 1. The Morgan fingerprint density at radius 3 is 2.95 bits per heavy atom. The van der Waals surface area contributed by atoms with Crippen LogP contribution in [0.5, 0.6) is 0 Å². The maximum Gasteiger partial charge on any atom is 0.307 e. The molecule has 0 aliphatic carbocycles. The highest BCUT2D eigenvalue weighted by Gasteiger charge is 2.33. The second-order valence-electron chi connectivity index (χ2n) is 5.34. The predicted octanol–water partition coefficient (Wildman–Crippen LogP) is 1.67. The molecule has 1 fully saturated rings. The van der Waals surface area contributed by atoms with E-state index in [1.165, 1.54) is 0 Å². The first-order valence-electron chi connectivity index (χ1n) is 6.92. The van der Waals surface area contributed by atoms with Gasteiger partial charge in [0.05, 0.1) is 18.4 Å². The number of nitrogens with one attached hydrogen (secondary N) is 1. The average molecular weight is 324 g/mol. The van der Waals surface area contributed by atoms with E-state index in [0.717, 1.165) is 5.56 Å². The van der Waals surface area contributed by atoms with E-state index in [-0.39, 0.29) is 43.8 Å². The summed E-state index contributed by atoms with van der Waals surface area (Å²) < 4.78 is 10.3. The van der Waals surface area contributed by atoms with E-state index < -0.39 is 11.9 Å². The minimum atomic E-state index is -0.578. The van der Waals surface area contributed by atoms with Crippen molar-refractivity contribution in [1.29, 1.82) is 0 Å². The monoisotopic (exact) mass is 323 g/mol. The maximum atomic E-state index is 12.0. The zero-order chi connectivity index (χ0) is 15.7. The molecule has 2 unspecified atom stereocenters. The summed E-state index contributed by atoms with van der Waals surface area (Å²) in [7, 11) is 0. The Kier molecular flexibility index (Phi) is 4.13. The number of benzene rings is 1. The van der Waals surface area contributed by atoms with Gasteiger partial charge in [-0.05, 0) is 17.7 Å². The molecule has 3 rings (SSSR count). The van der Waals surface area contributed by atoms with Crippen LogP contribution in [0.1, 0.15) is 24.3 Å². The van der Waals surface area contributed by atoms with Crippen molar-refractivity contribution in [2.24, 2.45) is 0 Å². The molecule has 1 N–H and O–H groups in total. The van der Waals surface area contributed by atoms with Crippen molar-refractivity contribution in [3.8, 4) is 0 Å². The molecule has 0 bridgehead atoms. The lowest BCUT2D eigenvalue weighted by Crippen LogP contribution is -2.21. The minimum Gasteiger partial charge on any atom is -0.463 e. The van der Waals surface area contributed by atoms with Crippen LogP contribution in [0.4, 0.5) is 5.69 Å². The summed E-state index contributed by atoms with van der Waals surface area (Å²) in [6.07, 6.45) is -0.167. The molecule has 1 saturated heterocycles. The van der Waals surface area contributed by atoms with Crippen LogP contribution in [0, 0.1) is 0 Å². The van der Waals surface area contributed by atoms with Gasteiger partial charge in [0.25, 0.3) is 0 Å². The van der Waals surface area contributed by atoms with Gasteiger partial charge in [-0.25, -0.2) is 0 Å². The van der Waals surface area contributed by atoms with Crippen LogP contribution in [0.15, 0.2) is 18.2 Å². The molecule has 0 saturated carbocycles. The van der Waals surface area contributed by atoms with Crippen molar-refractivity contribution in [3.05, 3.63) is 28.8 Å². The topological polar surface area (TPSA) is 81.7 Å². The van der Waals surface area contributed by atoms with Gasteiger partial charge in [0.2, 0.25) is 5.91 Å². The number of halogens is 1. The van der Waals surface area contributed by atoms with Gasteiger partial charge < -0.3 is 14.8 Å². The van der Waals surface area contributed by atoms with Crippen LogP contribution in [0.2, 0.25) is 5.02 Å². The molecule has 0 spiro atoms. The first-order chi connectivity index (χ1) is 10.5. The van der Waals surface area contributed by atoms with E-state index in [9.17, 15) is 14.4 Å². The average Bonchev–Trinajstić information content (AvgIpc) is 3.01. The van der Waals surface area contributed by atoms with Crippen LogP contribution in [-0.4, -0.2) is 37.0 Å². The van der Waals surface area contributed by atoms with Crippen LogP contribution in [-0.2, 0) is 23.9 Å². The molecule has 0 radical (unpaired) electrons. The standard InChI is InChI=1S/C15H14ClNO5/c16-8-1-2-11-12(15(20)17-13(11)3-8)5-14(19)22-7-10-4-9(18)6-21-10/h1-3,10,12H,4-7H2,(H,17,20). The number of hydrogen-bond donors (Lipinski definition) is 1. The molecule has 7 heteroatoms. The van der Waals surface area contributed by atoms with Gasteiger partial charge in [-0.1, -0.05) is 17.7 Å². The first-order valence-corrected chi connectivity index (χ1v) is 7.30. The Labute approximate surface area is 131 Å². The lowest BCUT2D eigenvalue weighted by atomic mass is 9.97. The minimum absolute atomic E-state index is 0.00188. The molecule has 22 heavy (non-hydrogen) atoms. The molecule has 2 heterocycles. The van der Waals surface area contributed by atoms with Crippen molar-refractivity contribution < 1.29 is 23.9 Å². The van der Waals surface area contributed by atoms with Gasteiger partial charge in [0.1, 0.15) is 13.2 Å². The van der Waals surface area contributed by atoms with Gasteiger partial charge in [-0.3, -0.25) is 14.4 Å². The van der Waals surface area contributed by atoms with Crippen molar-refractivity contribution in [3.63, 3.8) is 0 Å². The van der Waals surface area contributed by atoms with E-state index in [0.29, 0.717) is 10.7 Å². The first kappa shape index (κ1) is 15.0. The second kappa shape index (κ2) is 6.06. The zero-order valence-corrected chi connectivity index (χ0v) is 12.4. The third kappa shape index (κ3) is 3.13. The molecule has 116 valence electrons. The molecule has 2 aliphatic rings. The highest BCUT2D eigenvalue weighted by Crippen LogP contribution is 2.36. The highest BCUT2D eigenvalue weighted by molar-refractivity contribution is 6.31. The number of amides is 1. The van der Waals surface area contributed by atoms with E-state index in [1.54, 1.807) is 18.2 Å². The van der Waals surface area contributed by atoms with Crippen molar-refractivity contribution in [1.82, 2.24) is 0 Å². The largest absolute Gasteiger partial charge is 0.463 e. The lowest BCUT2D eigenvalue weighted by molar-refractivity contribution is -0.148. The number of ether oxygens (including phenoxy) is 2.